The van der Waals surface area contributed by atoms with Crippen LogP contribution in [0.3, 0.4) is 0 Å². The number of para-hydroxylation sites is 1. The van der Waals surface area contributed by atoms with Crippen molar-refractivity contribution in [3.05, 3.63) is 41.9 Å². The normalized spacial score (nSPS) is 15.3. The van der Waals surface area contributed by atoms with E-state index in [-0.39, 0.29) is 5.91 Å². The van der Waals surface area contributed by atoms with Gasteiger partial charge in [-0.1, -0.05) is 30.0 Å². The first-order valence-corrected chi connectivity index (χ1v) is 9.88. The van der Waals surface area contributed by atoms with Gasteiger partial charge in [-0.2, -0.15) is 0 Å². The van der Waals surface area contributed by atoms with E-state index in [1.807, 2.05) is 35.7 Å². The van der Waals surface area contributed by atoms with Gasteiger partial charge in [0.15, 0.2) is 10.3 Å². The van der Waals surface area contributed by atoms with Crippen LogP contribution >= 0.6 is 23.1 Å². The van der Waals surface area contributed by atoms with Gasteiger partial charge in [0.25, 0.3) is 0 Å². The number of anilines is 1. The van der Waals surface area contributed by atoms with Crippen molar-refractivity contribution in [2.24, 2.45) is 4.99 Å². The molecule has 1 aromatic heterocycles. The molecular formula is C17H20N4OS2. The molecule has 1 aromatic carbocycles. The lowest BCUT2D eigenvalue weighted by Crippen LogP contribution is -2.34. The number of amidine groups is 1. The summed E-state index contributed by atoms with van der Waals surface area (Å²) in [6.45, 7) is 2.01. The summed E-state index contributed by atoms with van der Waals surface area (Å²) < 4.78 is 0. The van der Waals surface area contributed by atoms with Crippen LogP contribution in [0.2, 0.25) is 0 Å². The number of aliphatic imine (C=N–C) groups is 1. The molecule has 5 nitrogen and oxygen atoms in total. The first kappa shape index (κ1) is 17.0. The van der Waals surface area contributed by atoms with Gasteiger partial charge in [-0.05, 0) is 31.4 Å². The molecule has 0 spiro atoms. The van der Waals surface area contributed by atoms with Crippen molar-refractivity contribution in [1.82, 2.24) is 9.88 Å². The number of nitrogens with zero attached hydrogens (tertiary/aromatic N) is 3. The largest absolute Gasteiger partial charge is 0.351 e. The average Bonchev–Trinajstić information content (AvgIpc) is 3.13. The second-order valence-electron chi connectivity index (χ2n) is 5.45. The van der Waals surface area contributed by atoms with Gasteiger partial charge in [0, 0.05) is 24.7 Å². The number of benzene rings is 1. The summed E-state index contributed by atoms with van der Waals surface area (Å²) in [6.07, 6.45) is 5.31. The van der Waals surface area contributed by atoms with Crippen LogP contribution < -0.4 is 5.32 Å². The first-order valence-electron chi connectivity index (χ1n) is 8.02. The van der Waals surface area contributed by atoms with Crippen LogP contribution in [-0.2, 0) is 4.79 Å². The van der Waals surface area contributed by atoms with Crippen molar-refractivity contribution in [3.63, 3.8) is 0 Å². The molecule has 1 N–H and O–H groups in total. The minimum Gasteiger partial charge on any atom is -0.351 e. The van der Waals surface area contributed by atoms with Crippen LogP contribution in [0.15, 0.2) is 46.9 Å². The molecule has 1 aliphatic heterocycles. The maximum atomic E-state index is 12.1. The number of likely N-dealkylation sites (tertiary alicyclic amines) is 1. The number of nitrogens with one attached hydrogen (secondary N) is 1. The topological polar surface area (TPSA) is 57.6 Å². The Kier molecular flexibility index (Phi) is 6.26. The van der Waals surface area contributed by atoms with Crippen LogP contribution in [0.25, 0.3) is 0 Å². The molecule has 0 saturated carbocycles. The fourth-order valence-electron chi connectivity index (χ4n) is 2.46. The molecule has 1 aliphatic rings. The number of thioether (sulfide) groups is 1. The van der Waals surface area contributed by atoms with Gasteiger partial charge in [-0.25, -0.2) is 9.98 Å². The summed E-state index contributed by atoms with van der Waals surface area (Å²) in [5.74, 6) is 0.287. The van der Waals surface area contributed by atoms with E-state index in [1.54, 1.807) is 6.20 Å². The lowest BCUT2D eigenvalue weighted by atomic mass is 10.1. The van der Waals surface area contributed by atoms with Gasteiger partial charge in [-0.15, -0.1) is 11.3 Å². The van der Waals surface area contributed by atoms with Crippen LogP contribution in [0, 0.1) is 0 Å². The van der Waals surface area contributed by atoms with E-state index in [0.29, 0.717) is 10.9 Å². The third-order valence-corrected chi connectivity index (χ3v) is 5.32. The molecule has 0 radical (unpaired) electrons. The molecule has 0 unspecified atom stereocenters. The zero-order valence-corrected chi connectivity index (χ0v) is 15.0. The molecule has 1 saturated heterocycles. The Morgan fingerprint density at radius 2 is 2.04 bits per heavy atom. The summed E-state index contributed by atoms with van der Waals surface area (Å²) >= 11 is 2.92. The maximum Gasteiger partial charge on any atom is 0.236 e. The van der Waals surface area contributed by atoms with E-state index in [4.69, 9.17) is 4.99 Å². The van der Waals surface area contributed by atoms with Gasteiger partial charge in [0.1, 0.15) is 0 Å². The van der Waals surface area contributed by atoms with Crippen LogP contribution in [-0.4, -0.2) is 39.8 Å². The number of carbonyl (C=O) groups excluding carboxylic acids is 1. The predicted molar refractivity (Wildman–Crippen MR) is 102 cm³/mol. The fraction of sp³-hybridized carbons (Fsp3) is 0.353. The van der Waals surface area contributed by atoms with Crippen molar-refractivity contribution in [1.29, 1.82) is 0 Å². The molecule has 0 atom stereocenters. The molecule has 24 heavy (non-hydrogen) atoms. The summed E-state index contributed by atoms with van der Waals surface area (Å²) in [6, 6.07) is 9.91. The van der Waals surface area contributed by atoms with Crippen LogP contribution in [0.4, 0.5) is 10.8 Å². The number of hydrogen-bond acceptors (Lipinski definition) is 5. The lowest BCUT2D eigenvalue weighted by Gasteiger charge is -2.29. The number of rotatable bonds is 4. The van der Waals surface area contributed by atoms with E-state index in [9.17, 15) is 4.79 Å². The quantitative estimate of drug-likeness (QED) is 0.662. The van der Waals surface area contributed by atoms with E-state index < -0.39 is 0 Å². The first-order chi connectivity index (χ1) is 11.8. The maximum absolute atomic E-state index is 12.1. The number of aromatic nitrogens is 1. The van der Waals surface area contributed by atoms with Gasteiger partial charge in [0.05, 0.1) is 11.4 Å². The zero-order valence-electron chi connectivity index (χ0n) is 13.4. The fourth-order valence-corrected chi connectivity index (χ4v) is 3.88. The monoisotopic (exact) mass is 360 g/mol. The van der Waals surface area contributed by atoms with Crippen molar-refractivity contribution in [2.45, 2.75) is 19.3 Å². The highest BCUT2D eigenvalue weighted by molar-refractivity contribution is 8.14. The Balaban J connectivity index is 1.65. The van der Waals surface area contributed by atoms with E-state index >= 15 is 0 Å². The molecular weight excluding hydrogens is 340 g/mol. The standard InChI is InChI=1S/C17H20N4OS2/c22-15(20-16-18-9-12-23-16)13-24-17(21-10-5-2-6-11-21)19-14-7-3-1-4-8-14/h1,3-4,7-9,12H,2,5-6,10-11,13H2,(H,18,20,22). The lowest BCUT2D eigenvalue weighted by molar-refractivity contribution is -0.113. The number of amides is 1. The number of carbonyl (C=O) groups is 1. The number of hydrogen-bond donors (Lipinski definition) is 1. The highest BCUT2D eigenvalue weighted by Gasteiger charge is 2.17. The Morgan fingerprint density at radius 3 is 2.75 bits per heavy atom. The molecule has 0 bridgehead atoms. The molecule has 2 aromatic rings. The van der Waals surface area contributed by atoms with Crippen LogP contribution in [0.1, 0.15) is 19.3 Å². The van der Waals surface area contributed by atoms with Gasteiger partial charge in [-0.3, -0.25) is 4.79 Å². The molecule has 1 amide bonds. The SMILES string of the molecule is O=C(CSC(=Nc1ccccc1)N1CCCCC1)Nc1nccs1. The summed E-state index contributed by atoms with van der Waals surface area (Å²) in [7, 11) is 0. The Morgan fingerprint density at radius 1 is 1.25 bits per heavy atom. The highest BCUT2D eigenvalue weighted by Crippen LogP contribution is 2.21. The van der Waals surface area contributed by atoms with Crippen molar-refractivity contribution in [3.8, 4) is 0 Å². The summed E-state index contributed by atoms with van der Waals surface area (Å²) in [5, 5.41) is 6.23. The summed E-state index contributed by atoms with van der Waals surface area (Å²) in [5.41, 5.74) is 0.922. The molecule has 7 heteroatoms. The van der Waals surface area contributed by atoms with Gasteiger partial charge >= 0.3 is 0 Å². The van der Waals surface area contributed by atoms with Crippen LogP contribution in [0.5, 0.6) is 0 Å². The second-order valence-corrected chi connectivity index (χ2v) is 7.29. The van der Waals surface area contributed by atoms with Gasteiger partial charge in [0.2, 0.25) is 5.91 Å². The average molecular weight is 361 g/mol. The van der Waals surface area contributed by atoms with Crippen molar-refractivity contribution >= 4 is 45.0 Å². The van der Waals surface area contributed by atoms with Crippen molar-refractivity contribution in [2.75, 3.05) is 24.2 Å². The number of thiazole rings is 1. The van der Waals surface area contributed by atoms with E-state index in [1.165, 1.54) is 42.4 Å². The van der Waals surface area contributed by atoms with E-state index in [2.05, 4.69) is 15.2 Å². The molecule has 1 fully saturated rings. The third-order valence-electron chi connectivity index (χ3n) is 3.62. The smallest absolute Gasteiger partial charge is 0.236 e. The predicted octanol–water partition coefficient (Wildman–Crippen LogP) is 3.99. The highest BCUT2D eigenvalue weighted by atomic mass is 32.2. The molecule has 0 aliphatic carbocycles. The Bertz CT molecular complexity index is 667. The second kappa shape index (κ2) is 8.84. The zero-order chi connectivity index (χ0) is 16.6. The van der Waals surface area contributed by atoms with Crippen molar-refractivity contribution < 1.29 is 4.79 Å². The third kappa shape index (κ3) is 5.07. The minimum atomic E-state index is -0.0484. The Labute approximate surface area is 150 Å². The summed E-state index contributed by atoms with van der Waals surface area (Å²) in [4.78, 5) is 23.2. The van der Waals surface area contributed by atoms with Gasteiger partial charge < -0.3 is 10.2 Å². The molecule has 3 rings (SSSR count). The molecule has 2 heterocycles. The Hall–Kier alpha value is -1.86. The molecule has 126 valence electrons. The van der Waals surface area contributed by atoms with E-state index in [0.717, 1.165) is 23.9 Å². The number of piperidine rings is 1. The minimum absolute atomic E-state index is 0.0484.